The molecule has 0 spiro atoms. The van der Waals surface area contributed by atoms with Crippen LogP contribution in [0, 0.1) is 13.8 Å². The normalized spacial score (nSPS) is 12.1. The Labute approximate surface area is 135 Å². The number of hydrogen-bond acceptors (Lipinski definition) is 4. The van der Waals surface area contributed by atoms with Crippen LogP contribution >= 0.6 is 0 Å². The molecule has 1 amide bonds. The van der Waals surface area contributed by atoms with E-state index in [1.165, 1.54) is 6.92 Å². The van der Waals surface area contributed by atoms with Gasteiger partial charge in [0.05, 0.1) is 5.69 Å². The van der Waals surface area contributed by atoms with Gasteiger partial charge in [-0.3, -0.25) is 4.79 Å². The van der Waals surface area contributed by atoms with Gasteiger partial charge < -0.3 is 10.4 Å². The lowest BCUT2D eigenvalue weighted by Gasteiger charge is -2.08. The highest BCUT2D eigenvalue weighted by atomic mass is 16.3. The van der Waals surface area contributed by atoms with E-state index in [9.17, 15) is 9.90 Å². The van der Waals surface area contributed by atoms with E-state index in [0.717, 1.165) is 11.1 Å². The van der Waals surface area contributed by atoms with Crippen LogP contribution in [0.4, 0.5) is 11.4 Å². The molecule has 2 N–H and O–H groups in total. The standard InChI is InChI=1S/C18H19N3O2/c1-12-8-4-6-10-15(12)19-18(23)17(14(3)22)21-20-16-11-7-5-9-13(16)2/h4-11,22H,1-3H3,(H,19,23). The lowest BCUT2D eigenvalue weighted by Crippen LogP contribution is -2.15. The third-order valence-electron chi connectivity index (χ3n) is 3.32. The van der Waals surface area contributed by atoms with Crippen LogP contribution in [0.15, 0.2) is 70.2 Å². The van der Waals surface area contributed by atoms with Gasteiger partial charge in [-0.2, -0.15) is 0 Å². The average molecular weight is 309 g/mol. The molecule has 0 saturated carbocycles. The zero-order valence-electron chi connectivity index (χ0n) is 13.4. The largest absolute Gasteiger partial charge is 0.510 e. The highest BCUT2D eigenvalue weighted by molar-refractivity contribution is 6.04. The third-order valence-corrected chi connectivity index (χ3v) is 3.32. The monoisotopic (exact) mass is 309 g/mol. The van der Waals surface area contributed by atoms with Crippen LogP contribution in [-0.2, 0) is 4.79 Å². The Bertz CT molecular complexity index is 775. The second-order valence-corrected chi connectivity index (χ2v) is 5.19. The number of azo groups is 1. The number of carbonyl (C=O) groups is 1. The van der Waals surface area contributed by atoms with Crippen molar-refractivity contribution in [2.24, 2.45) is 10.2 Å². The molecular formula is C18H19N3O2. The number of anilines is 1. The van der Waals surface area contributed by atoms with Crippen LogP contribution in [0.25, 0.3) is 0 Å². The Balaban J connectivity index is 2.23. The van der Waals surface area contributed by atoms with Crippen molar-refractivity contribution in [3.05, 3.63) is 71.1 Å². The van der Waals surface area contributed by atoms with Gasteiger partial charge >= 0.3 is 0 Å². The van der Waals surface area contributed by atoms with Crippen molar-refractivity contribution in [3.8, 4) is 0 Å². The number of allylic oxidation sites excluding steroid dienone is 1. The molecule has 0 atom stereocenters. The first kappa shape index (κ1) is 16.4. The molecule has 0 heterocycles. The first-order valence-corrected chi connectivity index (χ1v) is 7.23. The molecule has 5 nitrogen and oxygen atoms in total. The van der Waals surface area contributed by atoms with E-state index in [1.807, 2.05) is 50.2 Å². The Hall–Kier alpha value is -2.95. The minimum Gasteiger partial charge on any atom is -0.510 e. The van der Waals surface area contributed by atoms with E-state index >= 15 is 0 Å². The minimum absolute atomic E-state index is 0.114. The highest BCUT2D eigenvalue weighted by Crippen LogP contribution is 2.20. The van der Waals surface area contributed by atoms with Crippen molar-refractivity contribution in [1.29, 1.82) is 0 Å². The quantitative estimate of drug-likeness (QED) is 0.483. The Kier molecular flexibility index (Phi) is 5.25. The van der Waals surface area contributed by atoms with E-state index in [-0.39, 0.29) is 11.5 Å². The predicted octanol–water partition coefficient (Wildman–Crippen LogP) is 4.82. The second kappa shape index (κ2) is 7.35. The zero-order valence-corrected chi connectivity index (χ0v) is 13.4. The number of para-hydroxylation sites is 1. The van der Waals surface area contributed by atoms with Crippen LogP contribution in [0.5, 0.6) is 0 Å². The first-order chi connectivity index (χ1) is 11.0. The molecule has 0 aliphatic heterocycles. The van der Waals surface area contributed by atoms with Gasteiger partial charge in [0, 0.05) is 5.69 Å². The number of benzene rings is 2. The molecule has 0 fully saturated rings. The first-order valence-electron chi connectivity index (χ1n) is 7.23. The van der Waals surface area contributed by atoms with E-state index in [4.69, 9.17) is 0 Å². The predicted molar refractivity (Wildman–Crippen MR) is 90.8 cm³/mol. The van der Waals surface area contributed by atoms with Gasteiger partial charge in [0.1, 0.15) is 5.76 Å². The number of nitrogens with zero attached hydrogens (tertiary/aromatic N) is 2. The van der Waals surface area contributed by atoms with Crippen molar-refractivity contribution >= 4 is 17.3 Å². The number of aliphatic hydroxyl groups excluding tert-OH is 1. The molecule has 5 heteroatoms. The summed E-state index contributed by atoms with van der Waals surface area (Å²) < 4.78 is 0. The van der Waals surface area contributed by atoms with Crippen molar-refractivity contribution in [2.75, 3.05) is 5.32 Å². The van der Waals surface area contributed by atoms with Gasteiger partial charge in [0.25, 0.3) is 5.91 Å². The van der Waals surface area contributed by atoms with E-state index in [1.54, 1.807) is 12.1 Å². The van der Waals surface area contributed by atoms with Crippen LogP contribution in [-0.4, -0.2) is 11.0 Å². The minimum atomic E-state index is -0.503. The molecule has 118 valence electrons. The molecule has 2 aromatic rings. The molecule has 0 aliphatic rings. The van der Waals surface area contributed by atoms with Gasteiger partial charge in [0.2, 0.25) is 0 Å². The summed E-state index contributed by atoms with van der Waals surface area (Å²) in [6.45, 7) is 5.19. The maximum absolute atomic E-state index is 12.3. The number of aryl methyl sites for hydroxylation is 2. The Morgan fingerprint density at radius 3 is 2.22 bits per heavy atom. The van der Waals surface area contributed by atoms with E-state index in [0.29, 0.717) is 11.4 Å². The van der Waals surface area contributed by atoms with Gasteiger partial charge in [0.15, 0.2) is 5.70 Å². The van der Waals surface area contributed by atoms with Gasteiger partial charge in [-0.25, -0.2) is 0 Å². The summed E-state index contributed by atoms with van der Waals surface area (Å²) in [5.74, 6) is -0.690. The summed E-state index contributed by atoms with van der Waals surface area (Å²) in [4.78, 5) is 12.3. The molecule has 0 saturated heterocycles. The SMILES string of the molecule is CC(O)=C(N=Nc1ccccc1C)C(=O)Nc1ccccc1C. The smallest absolute Gasteiger partial charge is 0.279 e. The molecular weight excluding hydrogens is 290 g/mol. The fourth-order valence-corrected chi connectivity index (χ4v) is 1.96. The maximum atomic E-state index is 12.3. The van der Waals surface area contributed by atoms with Crippen LogP contribution in [0.1, 0.15) is 18.1 Å². The van der Waals surface area contributed by atoms with E-state index in [2.05, 4.69) is 15.5 Å². The molecule has 0 bridgehead atoms. The number of aliphatic hydroxyl groups is 1. The fraction of sp³-hybridized carbons (Fsp3) is 0.167. The lowest BCUT2D eigenvalue weighted by atomic mass is 10.2. The molecule has 0 radical (unpaired) electrons. The van der Waals surface area contributed by atoms with Crippen molar-refractivity contribution in [2.45, 2.75) is 20.8 Å². The van der Waals surface area contributed by atoms with Crippen LogP contribution in [0.2, 0.25) is 0 Å². The second-order valence-electron chi connectivity index (χ2n) is 5.19. The van der Waals surface area contributed by atoms with Gasteiger partial charge in [-0.05, 0) is 44.0 Å². The van der Waals surface area contributed by atoms with Crippen LogP contribution < -0.4 is 5.32 Å². The molecule has 0 aliphatic carbocycles. The number of rotatable bonds is 4. The van der Waals surface area contributed by atoms with Crippen molar-refractivity contribution in [1.82, 2.24) is 0 Å². The van der Waals surface area contributed by atoms with Gasteiger partial charge in [-0.15, -0.1) is 10.2 Å². The molecule has 0 aromatic heterocycles. The summed E-state index contributed by atoms with van der Waals surface area (Å²) in [5.41, 5.74) is 3.06. The lowest BCUT2D eigenvalue weighted by molar-refractivity contribution is -0.113. The molecule has 2 aromatic carbocycles. The highest BCUT2D eigenvalue weighted by Gasteiger charge is 2.14. The average Bonchev–Trinajstić information content (AvgIpc) is 2.51. The molecule has 2 rings (SSSR count). The van der Waals surface area contributed by atoms with Crippen LogP contribution in [0.3, 0.4) is 0 Å². The van der Waals surface area contributed by atoms with Crippen molar-refractivity contribution in [3.63, 3.8) is 0 Å². The Morgan fingerprint density at radius 2 is 1.61 bits per heavy atom. The topological polar surface area (TPSA) is 74.0 Å². The number of amides is 1. The molecule has 0 unspecified atom stereocenters. The number of nitrogens with one attached hydrogen (secondary N) is 1. The Morgan fingerprint density at radius 1 is 1.00 bits per heavy atom. The summed E-state index contributed by atoms with van der Waals surface area (Å²) >= 11 is 0. The third kappa shape index (κ3) is 4.26. The number of hydrogen-bond donors (Lipinski definition) is 2. The number of carbonyl (C=O) groups excluding carboxylic acids is 1. The maximum Gasteiger partial charge on any atom is 0.279 e. The zero-order chi connectivity index (χ0) is 16.8. The summed E-state index contributed by atoms with van der Waals surface area (Å²) in [7, 11) is 0. The summed E-state index contributed by atoms with van der Waals surface area (Å²) in [5, 5.41) is 20.5. The molecule has 23 heavy (non-hydrogen) atoms. The van der Waals surface area contributed by atoms with Gasteiger partial charge in [-0.1, -0.05) is 36.4 Å². The summed E-state index contributed by atoms with van der Waals surface area (Å²) in [6, 6.07) is 14.8. The van der Waals surface area contributed by atoms with E-state index < -0.39 is 5.91 Å². The fourth-order valence-electron chi connectivity index (χ4n) is 1.96. The van der Waals surface area contributed by atoms with Crippen molar-refractivity contribution < 1.29 is 9.90 Å². The summed E-state index contributed by atoms with van der Waals surface area (Å²) in [6.07, 6.45) is 0.